The van der Waals surface area contributed by atoms with E-state index in [0.29, 0.717) is 21.7 Å². The monoisotopic (exact) mass is 360 g/mol. The number of fused-ring (bicyclic) bond motifs is 1. The number of hydrogen-bond acceptors (Lipinski definition) is 2. The topological polar surface area (TPSA) is 27.1 Å². The predicted octanol–water partition coefficient (Wildman–Crippen LogP) is 5.36. The van der Waals surface area contributed by atoms with Crippen LogP contribution in [0.2, 0.25) is 10.0 Å². The lowest BCUT2D eigenvalue weighted by molar-refractivity contribution is -0.137. The first kappa shape index (κ1) is 16.0. The van der Waals surface area contributed by atoms with Crippen LogP contribution in [0.4, 0.5) is 13.2 Å². The van der Waals surface area contributed by atoms with E-state index in [1.165, 1.54) is 17.9 Å². The van der Waals surface area contributed by atoms with Crippen molar-refractivity contribution in [2.75, 3.05) is 7.11 Å². The minimum atomic E-state index is -4.51. The summed E-state index contributed by atoms with van der Waals surface area (Å²) in [5, 5.41) is 0.890. The van der Waals surface area contributed by atoms with Gasteiger partial charge in [-0.15, -0.1) is 0 Å². The molecule has 2 aromatic heterocycles. The Bertz CT molecular complexity index is 890. The highest BCUT2D eigenvalue weighted by molar-refractivity contribution is 6.36. The van der Waals surface area contributed by atoms with Crippen LogP contribution in [0.25, 0.3) is 16.7 Å². The number of halogens is 5. The second-order valence-corrected chi connectivity index (χ2v) is 5.54. The fourth-order valence-electron chi connectivity index (χ4n) is 2.32. The maximum atomic E-state index is 12.7. The molecule has 23 heavy (non-hydrogen) atoms. The molecule has 0 atom stereocenters. The molecule has 0 radical (unpaired) electrons. The highest BCUT2D eigenvalue weighted by Crippen LogP contribution is 2.37. The first-order valence-electron chi connectivity index (χ1n) is 6.39. The largest absolute Gasteiger partial charge is 0.496 e. The van der Waals surface area contributed by atoms with Crippen molar-refractivity contribution < 1.29 is 17.9 Å². The van der Waals surface area contributed by atoms with E-state index in [-0.39, 0.29) is 10.8 Å². The van der Waals surface area contributed by atoms with E-state index in [1.807, 2.05) is 0 Å². The Morgan fingerprint density at radius 3 is 2.52 bits per heavy atom. The lowest BCUT2D eigenvalue weighted by Crippen LogP contribution is -2.07. The molecule has 0 fully saturated rings. The molecule has 0 aliphatic carbocycles. The van der Waals surface area contributed by atoms with Gasteiger partial charge < -0.3 is 4.74 Å². The van der Waals surface area contributed by atoms with Crippen molar-refractivity contribution in [1.82, 2.24) is 9.55 Å². The molecule has 0 saturated heterocycles. The number of alkyl halides is 3. The summed E-state index contributed by atoms with van der Waals surface area (Å²) >= 11 is 12.2. The Balaban J connectivity index is 2.22. The van der Waals surface area contributed by atoms with E-state index in [2.05, 4.69) is 4.98 Å². The van der Waals surface area contributed by atoms with E-state index in [4.69, 9.17) is 27.9 Å². The average molecular weight is 361 g/mol. The smallest absolute Gasteiger partial charge is 0.417 e. The van der Waals surface area contributed by atoms with Gasteiger partial charge in [0.15, 0.2) is 5.82 Å². The molecule has 3 aromatic rings. The van der Waals surface area contributed by atoms with E-state index >= 15 is 0 Å². The van der Waals surface area contributed by atoms with Gasteiger partial charge >= 0.3 is 6.18 Å². The van der Waals surface area contributed by atoms with Crippen LogP contribution in [0, 0.1) is 0 Å². The zero-order valence-corrected chi connectivity index (χ0v) is 13.2. The van der Waals surface area contributed by atoms with Crippen molar-refractivity contribution in [3.8, 4) is 11.6 Å². The third-order valence-corrected chi connectivity index (χ3v) is 3.91. The molecule has 2 heterocycles. The fourth-order valence-corrected chi connectivity index (χ4v) is 2.86. The summed E-state index contributed by atoms with van der Waals surface area (Å²) in [6.07, 6.45) is -2.23. The van der Waals surface area contributed by atoms with Gasteiger partial charge in [0.1, 0.15) is 5.75 Å². The summed E-state index contributed by atoms with van der Waals surface area (Å²) in [6, 6.07) is 6.07. The van der Waals surface area contributed by atoms with Crippen LogP contribution in [0.3, 0.4) is 0 Å². The van der Waals surface area contributed by atoms with Gasteiger partial charge in [0.25, 0.3) is 0 Å². The highest BCUT2D eigenvalue weighted by atomic mass is 35.5. The van der Waals surface area contributed by atoms with Crippen LogP contribution < -0.4 is 4.74 Å². The quantitative estimate of drug-likeness (QED) is 0.615. The Labute approximate surface area is 139 Å². The maximum Gasteiger partial charge on any atom is 0.417 e. The van der Waals surface area contributed by atoms with Crippen LogP contribution in [-0.4, -0.2) is 16.7 Å². The van der Waals surface area contributed by atoms with Gasteiger partial charge in [0.05, 0.1) is 33.6 Å². The van der Waals surface area contributed by atoms with Crippen molar-refractivity contribution in [2.45, 2.75) is 6.18 Å². The summed E-state index contributed by atoms with van der Waals surface area (Å²) in [4.78, 5) is 3.85. The molecule has 0 N–H and O–H groups in total. The lowest BCUT2D eigenvalue weighted by Gasteiger charge is -2.11. The minimum Gasteiger partial charge on any atom is -0.496 e. The number of nitrogens with zero attached hydrogens (tertiary/aromatic N) is 2. The van der Waals surface area contributed by atoms with Crippen LogP contribution >= 0.6 is 23.2 Å². The summed E-state index contributed by atoms with van der Waals surface area (Å²) in [7, 11) is 1.51. The maximum absolute atomic E-state index is 12.7. The van der Waals surface area contributed by atoms with Crippen LogP contribution in [-0.2, 0) is 6.18 Å². The third-order valence-electron chi connectivity index (χ3n) is 3.34. The van der Waals surface area contributed by atoms with Gasteiger partial charge in [0.2, 0.25) is 0 Å². The minimum absolute atomic E-state index is 0.129. The molecule has 8 heteroatoms. The van der Waals surface area contributed by atoms with Gasteiger partial charge in [0, 0.05) is 12.4 Å². The Morgan fingerprint density at radius 1 is 1.17 bits per heavy atom. The molecular weight excluding hydrogens is 352 g/mol. The fraction of sp³-hybridized carbons (Fsp3) is 0.133. The summed E-state index contributed by atoms with van der Waals surface area (Å²) < 4.78 is 44.9. The number of benzene rings is 1. The number of hydrogen-bond donors (Lipinski definition) is 0. The van der Waals surface area contributed by atoms with Crippen LogP contribution in [0.5, 0.6) is 5.75 Å². The zero-order chi connectivity index (χ0) is 16.8. The van der Waals surface area contributed by atoms with Crippen molar-refractivity contribution >= 4 is 34.1 Å². The molecule has 3 nitrogen and oxygen atoms in total. The molecule has 1 aromatic carbocycles. The van der Waals surface area contributed by atoms with E-state index in [0.717, 1.165) is 12.3 Å². The third kappa shape index (κ3) is 2.72. The summed E-state index contributed by atoms with van der Waals surface area (Å²) in [5.74, 6) is 0.708. The standard InChI is InChI=1S/C15H9Cl2F3N2O/c1-23-12-4-2-3-11-13(12)10(17)7-22(11)14-9(16)5-8(6-21-14)15(18,19)20/h2-7H,1H3. The lowest BCUT2D eigenvalue weighted by atomic mass is 10.2. The SMILES string of the molecule is COc1cccc2c1c(Cl)cn2-c1ncc(C(F)(F)F)cc1Cl. The Kier molecular flexibility index (Phi) is 3.90. The van der Waals surface area contributed by atoms with Crippen molar-refractivity contribution in [3.63, 3.8) is 0 Å². The number of rotatable bonds is 2. The van der Waals surface area contributed by atoms with Crippen molar-refractivity contribution in [2.24, 2.45) is 0 Å². The first-order valence-corrected chi connectivity index (χ1v) is 7.15. The van der Waals surface area contributed by atoms with E-state index in [9.17, 15) is 13.2 Å². The number of aromatic nitrogens is 2. The van der Waals surface area contributed by atoms with Crippen LogP contribution in [0.1, 0.15) is 5.56 Å². The molecule has 0 bridgehead atoms. The Hall–Kier alpha value is -1.92. The summed E-state index contributed by atoms with van der Waals surface area (Å²) in [5.41, 5.74) is -0.283. The molecule has 0 unspecified atom stereocenters. The van der Waals surface area contributed by atoms with E-state index in [1.54, 1.807) is 18.2 Å². The molecule has 0 aliphatic heterocycles. The molecule has 120 valence electrons. The van der Waals surface area contributed by atoms with Gasteiger partial charge in [-0.25, -0.2) is 4.98 Å². The van der Waals surface area contributed by atoms with Gasteiger partial charge in [-0.05, 0) is 18.2 Å². The van der Waals surface area contributed by atoms with Crippen molar-refractivity contribution in [1.29, 1.82) is 0 Å². The summed E-state index contributed by atoms with van der Waals surface area (Å²) in [6.45, 7) is 0. The molecule has 3 rings (SSSR count). The second-order valence-electron chi connectivity index (χ2n) is 4.73. The predicted molar refractivity (Wildman–Crippen MR) is 82.6 cm³/mol. The average Bonchev–Trinajstić information content (AvgIpc) is 2.83. The van der Waals surface area contributed by atoms with Crippen molar-refractivity contribution in [3.05, 3.63) is 52.3 Å². The van der Waals surface area contributed by atoms with Crippen LogP contribution in [0.15, 0.2) is 36.7 Å². The molecular formula is C15H9Cl2F3N2O. The number of ether oxygens (including phenoxy) is 1. The number of pyridine rings is 1. The molecule has 0 aliphatic rings. The zero-order valence-electron chi connectivity index (χ0n) is 11.7. The number of methoxy groups -OCH3 is 1. The van der Waals surface area contributed by atoms with E-state index < -0.39 is 11.7 Å². The molecule has 0 spiro atoms. The van der Waals surface area contributed by atoms with Gasteiger partial charge in [-0.3, -0.25) is 4.57 Å². The highest BCUT2D eigenvalue weighted by Gasteiger charge is 2.32. The Morgan fingerprint density at radius 2 is 1.91 bits per heavy atom. The van der Waals surface area contributed by atoms with Gasteiger partial charge in [-0.1, -0.05) is 29.3 Å². The first-order chi connectivity index (χ1) is 10.8. The normalized spacial score (nSPS) is 11.9. The molecule has 0 saturated carbocycles. The van der Waals surface area contributed by atoms with Gasteiger partial charge in [-0.2, -0.15) is 13.2 Å². The molecule has 0 amide bonds. The second kappa shape index (κ2) is 5.62.